The van der Waals surface area contributed by atoms with E-state index in [-0.39, 0.29) is 60.6 Å². The number of fused-ring (bicyclic) bond motifs is 2. The maximum atomic E-state index is 13.9. The monoisotopic (exact) mass is 1010 g/mol. The molecule has 3 aromatic carbocycles. The van der Waals surface area contributed by atoms with Crippen molar-refractivity contribution in [2.75, 3.05) is 74.7 Å². The highest BCUT2D eigenvalue weighted by molar-refractivity contribution is 7.70. The van der Waals surface area contributed by atoms with E-state index >= 15 is 0 Å². The van der Waals surface area contributed by atoms with E-state index in [0.717, 1.165) is 56.1 Å². The number of likely N-dealkylation sites (tertiary alicyclic amines) is 2. The van der Waals surface area contributed by atoms with Crippen LogP contribution in [0.25, 0.3) is 10.9 Å². The van der Waals surface area contributed by atoms with E-state index in [1.54, 1.807) is 72.5 Å². The molecule has 2 fully saturated rings. The first-order chi connectivity index (χ1) is 33.2. The number of alkyl halides is 3. The molecule has 5 aromatic rings. The van der Waals surface area contributed by atoms with Gasteiger partial charge in [-0.25, -0.2) is 0 Å². The molecule has 0 bridgehead atoms. The van der Waals surface area contributed by atoms with Crippen LogP contribution in [0.4, 0.5) is 29.5 Å². The predicted molar refractivity (Wildman–Crippen MR) is 278 cm³/mol. The van der Waals surface area contributed by atoms with Crippen LogP contribution in [-0.2, 0) is 20.7 Å². The number of halogens is 4. The molecule has 19 heteroatoms. The number of carbonyl (C=O) groups is 2. The molecule has 0 spiro atoms. The van der Waals surface area contributed by atoms with E-state index in [0.29, 0.717) is 54.4 Å². The van der Waals surface area contributed by atoms with Crippen molar-refractivity contribution in [2.45, 2.75) is 64.8 Å². The van der Waals surface area contributed by atoms with Gasteiger partial charge in [-0.2, -0.15) is 13.2 Å². The van der Waals surface area contributed by atoms with Crippen molar-refractivity contribution in [3.8, 4) is 11.8 Å². The van der Waals surface area contributed by atoms with Crippen LogP contribution in [0.2, 0.25) is 5.02 Å². The number of piperidine rings is 1. The standard InChI is InChI=1S/C51H57ClF3N10O3PS/c1-31-32(2)70-50-47(31)48(35-11-13-36(52)14-12-35)61-43(49(57)65(50)33(3)56)25-45(66)59-26-34-27-63(28-34)46(67)29-62-22-19-38(20-23-62)60-42-9-6-10-44-41(42)24-39(64(44)30-51(53,54)55)8-7-21-58-37-15-17-40(18-16-37)69(4,5)68/h6,9-18,24,34,38,43,56-58,60H,19-23,25-30H2,1-5H3,(H,59,66)/t43-/m0/s1. The van der Waals surface area contributed by atoms with Gasteiger partial charge in [0, 0.05) is 87.8 Å². The minimum Gasteiger partial charge on any atom is -0.382 e. The molecule has 5 heterocycles. The lowest BCUT2D eigenvalue weighted by Gasteiger charge is -2.41. The van der Waals surface area contributed by atoms with Crippen LogP contribution >= 0.6 is 30.1 Å². The van der Waals surface area contributed by atoms with Crippen molar-refractivity contribution < 1.29 is 27.3 Å². The quantitative estimate of drug-likeness (QED) is 0.0341. The predicted octanol–water partition coefficient (Wildman–Crippen LogP) is 8.79. The number of aromatic nitrogens is 1. The molecular formula is C51H57ClF3N10O3PS. The van der Waals surface area contributed by atoms with Gasteiger partial charge in [-0.3, -0.25) is 35.2 Å². The Morgan fingerprint density at radius 2 is 1.71 bits per heavy atom. The number of amides is 2. The molecule has 3 aliphatic rings. The smallest absolute Gasteiger partial charge is 0.382 e. The normalized spacial score (nSPS) is 17.0. The molecule has 368 valence electrons. The van der Waals surface area contributed by atoms with Gasteiger partial charge in [0.15, 0.2) is 0 Å². The Hall–Kier alpha value is -5.92. The van der Waals surface area contributed by atoms with E-state index in [4.69, 9.17) is 22.0 Å². The number of nitrogens with one attached hydrogen (secondary N) is 5. The van der Waals surface area contributed by atoms with Gasteiger partial charge >= 0.3 is 6.18 Å². The number of amidine groups is 2. The van der Waals surface area contributed by atoms with E-state index in [1.165, 1.54) is 15.9 Å². The van der Waals surface area contributed by atoms with Crippen LogP contribution in [0, 0.1) is 42.4 Å². The minimum atomic E-state index is -4.46. The molecule has 2 saturated heterocycles. The maximum absolute atomic E-state index is 13.9. The van der Waals surface area contributed by atoms with Gasteiger partial charge in [-0.1, -0.05) is 35.7 Å². The molecule has 8 rings (SSSR count). The summed E-state index contributed by atoms with van der Waals surface area (Å²) in [7, 11) is -2.39. The number of rotatable bonds is 13. The summed E-state index contributed by atoms with van der Waals surface area (Å²) in [5.74, 6) is 5.97. The van der Waals surface area contributed by atoms with Gasteiger partial charge in [0.05, 0.1) is 36.4 Å². The van der Waals surface area contributed by atoms with Crippen molar-refractivity contribution in [3.05, 3.63) is 105 Å². The fourth-order valence-corrected chi connectivity index (χ4v) is 11.3. The number of aryl methyl sites for hydroxylation is 1. The lowest BCUT2D eigenvalue weighted by Crippen LogP contribution is -2.56. The Morgan fingerprint density at radius 1 is 1.01 bits per heavy atom. The summed E-state index contributed by atoms with van der Waals surface area (Å²) in [6.45, 7) is 11.1. The summed E-state index contributed by atoms with van der Waals surface area (Å²) in [5, 5.41) is 30.2. The third kappa shape index (κ3) is 11.6. The van der Waals surface area contributed by atoms with Crippen LogP contribution < -0.4 is 26.2 Å². The van der Waals surface area contributed by atoms with Crippen LogP contribution in [-0.4, -0.2) is 121 Å². The number of nitrogens with zero attached hydrogens (tertiary/aromatic N) is 5. The van der Waals surface area contributed by atoms with Gasteiger partial charge < -0.3 is 30.0 Å². The maximum Gasteiger partial charge on any atom is 0.406 e. The highest BCUT2D eigenvalue weighted by atomic mass is 35.5. The van der Waals surface area contributed by atoms with Crippen LogP contribution in [0.3, 0.4) is 0 Å². The summed E-state index contributed by atoms with van der Waals surface area (Å²) in [5.41, 5.74) is 5.48. The lowest BCUT2D eigenvalue weighted by atomic mass is 9.99. The summed E-state index contributed by atoms with van der Waals surface area (Å²) >= 11 is 7.72. The number of carbonyl (C=O) groups excluding carboxylic acids is 2. The summed E-state index contributed by atoms with van der Waals surface area (Å²) in [6.07, 6.45) is -3.06. The SMILES string of the molecule is CC(=N)N1C(=N)[C@H](CC(=O)NCC2CN(C(=O)CN3CCC(Nc4cccc5c4cc(C#CCNc4ccc(P(C)(C)=O)cc4)n5CC(F)(F)F)CC3)C2)N=C(c2ccc(Cl)cc2)c2c1sc(C)c2C. The van der Waals surface area contributed by atoms with Crippen molar-refractivity contribution in [3.63, 3.8) is 0 Å². The van der Waals surface area contributed by atoms with E-state index < -0.39 is 25.9 Å². The Bertz CT molecular complexity index is 2960. The molecule has 3 aliphatic heterocycles. The number of aliphatic imine (C=N–C) groups is 1. The summed E-state index contributed by atoms with van der Waals surface area (Å²) < 4.78 is 55.1. The zero-order valence-corrected chi connectivity index (χ0v) is 42.2. The molecule has 2 aromatic heterocycles. The zero-order chi connectivity index (χ0) is 50.1. The van der Waals surface area contributed by atoms with E-state index in [2.05, 4.69) is 32.7 Å². The summed E-state index contributed by atoms with van der Waals surface area (Å²) in [4.78, 5) is 38.4. The second kappa shape index (κ2) is 20.8. The molecule has 5 N–H and O–H groups in total. The number of thiophene rings is 1. The first-order valence-corrected chi connectivity index (χ1v) is 27.0. The fraction of sp³-hybridized carbons (Fsp3) is 0.392. The molecule has 1 atom stereocenters. The third-order valence-electron chi connectivity index (χ3n) is 13.1. The van der Waals surface area contributed by atoms with Crippen molar-refractivity contribution in [1.82, 2.24) is 19.7 Å². The highest BCUT2D eigenvalue weighted by Gasteiger charge is 2.37. The van der Waals surface area contributed by atoms with Crippen molar-refractivity contribution in [2.24, 2.45) is 10.9 Å². The molecule has 70 heavy (non-hydrogen) atoms. The van der Waals surface area contributed by atoms with Crippen LogP contribution in [0.15, 0.2) is 77.8 Å². The minimum absolute atomic E-state index is 0.0204. The number of hydrogen-bond donors (Lipinski definition) is 5. The van der Waals surface area contributed by atoms with Crippen molar-refractivity contribution >= 4 is 91.9 Å². The molecule has 0 saturated carbocycles. The van der Waals surface area contributed by atoms with Gasteiger partial charge in [0.25, 0.3) is 0 Å². The topological polar surface area (TPSA) is 162 Å². The molecule has 0 aliphatic carbocycles. The second-order valence-electron chi connectivity index (χ2n) is 18.7. The average molecular weight is 1010 g/mol. The van der Waals surface area contributed by atoms with Gasteiger partial charge in [0.2, 0.25) is 11.8 Å². The third-order valence-corrected chi connectivity index (χ3v) is 16.0. The molecule has 13 nitrogen and oxygen atoms in total. The van der Waals surface area contributed by atoms with Gasteiger partial charge in [-0.05, 0) is 113 Å². The fourth-order valence-electron chi connectivity index (χ4n) is 9.13. The largest absolute Gasteiger partial charge is 0.406 e. The summed E-state index contributed by atoms with van der Waals surface area (Å²) in [6, 6.07) is 20.7. The van der Waals surface area contributed by atoms with Crippen molar-refractivity contribution in [1.29, 1.82) is 10.8 Å². The Kier molecular flexibility index (Phi) is 15.0. The van der Waals surface area contributed by atoms with E-state index in [1.807, 2.05) is 44.2 Å². The molecule has 0 unspecified atom stereocenters. The van der Waals surface area contributed by atoms with Gasteiger partial charge in [0.1, 0.15) is 36.4 Å². The second-order valence-corrected chi connectivity index (χ2v) is 23.5. The van der Waals surface area contributed by atoms with Crippen LogP contribution in [0.1, 0.15) is 53.4 Å². The molecule has 2 amide bonds. The number of benzene rings is 3. The molecular weight excluding hydrogens is 956 g/mol. The van der Waals surface area contributed by atoms with Gasteiger partial charge in [-0.15, -0.1) is 11.3 Å². The molecule has 0 radical (unpaired) electrons. The lowest BCUT2D eigenvalue weighted by molar-refractivity contribution is -0.140. The first-order valence-electron chi connectivity index (χ1n) is 23.2. The Morgan fingerprint density at radius 3 is 2.37 bits per heavy atom. The number of anilines is 3. The highest BCUT2D eigenvalue weighted by Crippen LogP contribution is 2.41. The van der Waals surface area contributed by atoms with E-state index in [9.17, 15) is 32.7 Å². The number of hydrogen-bond acceptors (Lipinski definition) is 10. The Labute approximate surface area is 415 Å². The average Bonchev–Trinajstić information content (AvgIpc) is 3.73. The van der Waals surface area contributed by atoms with Crippen LogP contribution in [0.5, 0.6) is 0 Å². The first kappa shape index (κ1) is 50.5. The Balaban J connectivity index is 0.818. The zero-order valence-electron chi connectivity index (χ0n) is 39.8.